The van der Waals surface area contributed by atoms with Crippen LogP contribution in [0.1, 0.15) is 5.56 Å². The second-order valence-corrected chi connectivity index (χ2v) is 6.09. The summed E-state index contributed by atoms with van der Waals surface area (Å²) in [5, 5.41) is 2.28. The van der Waals surface area contributed by atoms with E-state index >= 15 is 0 Å². The van der Waals surface area contributed by atoms with Crippen LogP contribution in [-0.4, -0.2) is 32.9 Å². The molecule has 0 heterocycles. The van der Waals surface area contributed by atoms with Gasteiger partial charge in [0, 0.05) is 12.6 Å². The van der Waals surface area contributed by atoms with Crippen LogP contribution in [0.2, 0.25) is 5.02 Å². The summed E-state index contributed by atoms with van der Waals surface area (Å²) >= 11 is 10.6. The monoisotopic (exact) mass is 321 g/mol. The number of amides is 1. The minimum atomic E-state index is -3.87. The van der Waals surface area contributed by atoms with Crippen LogP contribution in [0, 0.1) is 0 Å². The number of rotatable bonds is 5. The van der Waals surface area contributed by atoms with Crippen LogP contribution in [0.4, 0.5) is 0 Å². The van der Waals surface area contributed by atoms with E-state index in [4.69, 9.17) is 29.6 Å². The van der Waals surface area contributed by atoms with Crippen molar-refractivity contribution in [3.05, 3.63) is 28.8 Å². The SMILES string of the molecule is CNC(=O)CNS(=O)(=O)c1ccc(C(N)=S)cc1Cl. The van der Waals surface area contributed by atoms with E-state index in [1.54, 1.807) is 0 Å². The minimum absolute atomic E-state index is 0.0188. The number of likely N-dealkylation sites (N-methyl/N-ethyl adjacent to an activating group) is 1. The first-order valence-corrected chi connectivity index (χ1v) is 7.34. The van der Waals surface area contributed by atoms with Crippen molar-refractivity contribution in [1.29, 1.82) is 0 Å². The lowest BCUT2D eigenvalue weighted by atomic mass is 10.2. The van der Waals surface area contributed by atoms with Gasteiger partial charge in [-0.25, -0.2) is 13.1 Å². The highest BCUT2D eigenvalue weighted by molar-refractivity contribution is 7.89. The molecule has 9 heteroatoms. The Morgan fingerprint density at radius 3 is 2.58 bits per heavy atom. The normalized spacial score (nSPS) is 11.1. The molecule has 1 rings (SSSR count). The van der Waals surface area contributed by atoms with E-state index in [1.807, 2.05) is 0 Å². The van der Waals surface area contributed by atoms with Crippen LogP contribution in [0.3, 0.4) is 0 Å². The van der Waals surface area contributed by atoms with Gasteiger partial charge in [-0.15, -0.1) is 0 Å². The van der Waals surface area contributed by atoms with Crippen molar-refractivity contribution in [2.24, 2.45) is 5.73 Å². The van der Waals surface area contributed by atoms with Gasteiger partial charge >= 0.3 is 0 Å². The molecular formula is C10H12ClN3O3S2. The lowest BCUT2D eigenvalue weighted by Crippen LogP contribution is -2.35. The average molecular weight is 322 g/mol. The number of benzene rings is 1. The smallest absolute Gasteiger partial charge is 0.242 e. The maximum absolute atomic E-state index is 11.9. The molecule has 1 aromatic rings. The first kappa shape index (κ1) is 15.8. The lowest BCUT2D eigenvalue weighted by Gasteiger charge is -2.09. The van der Waals surface area contributed by atoms with Crippen molar-refractivity contribution in [3.63, 3.8) is 0 Å². The van der Waals surface area contributed by atoms with Crippen LogP contribution >= 0.6 is 23.8 Å². The van der Waals surface area contributed by atoms with E-state index in [1.165, 1.54) is 25.2 Å². The quantitative estimate of drug-likeness (QED) is 0.663. The molecule has 0 saturated heterocycles. The second kappa shape index (κ2) is 6.29. The van der Waals surface area contributed by atoms with E-state index in [-0.39, 0.29) is 21.5 Å². The predicted octanol–water partition coefficient (Wildman–Crippen LogP) is -0.00150. The van der Waals surface area contributed by atoms with Crippen molar-refractivity contribution >= 4 is 44.7 Å². The highest BCUT2D eigenvalue weighted by Gasteiger charge is 2.19. The topological polar surface area (TPSA) is 101 Å². The first-order chi connectivity index (χ1) is 8.77. The van der Waals surface area contributed by atoms with Crippen molar-refractivity contribution in [2.75, 3.05) is 13.6 Å². The average Bonchev–Trinajstić information content (AvgIpc) is 2.35. The van der Waals surface area contributed by atoms with Crippen molar-refractivity contribution in [1.82, 2.24) is 10.0 Å². The van der Waals surface area contributed by atoms with E-state index in [0.29, 0.717) is 5.56 Å². The molecule has 6 nitrogen and oxygen atoms in total. The highest BCUT2D eigenvalue weighted by atomic mass is 35.5. The van der Waals surface area contributed by atoms with Gasteiger partial charge in [0.25, 0.3) is 0 Å². The Morgan fingerprint density at radius 2 is 2.11 bits per heavy atom. The second-order valence-electron chi connectivity index (χ2n) is 3.51. The number of sulfonamides is 1. The zero-order valence-corrected chi connectivity index (χ0v) is 12.3. The molecule has 0 saturated carbocycles. The maximum atomic E-state index is 11.9. The van der Waals surface area contributed by atoms with Gasteiger partial charge in [-0.2, -0.15) is 0 Å². The first-order valence-electron chi connectivity index (χ1n) is 5.07. The van der Waals surface area contributed by atoms with Gasteiger partial charge in [-0.3, -0.25) is 4.79 Å². The summed E-state index contributed by atoms with van der Waals surface area (Å²) in [7, 11) is -2.46. The van der Waals surface area contributed by atoms with Gasteiger partial charge in [-0.1, -0.05) is 29.9 Å². The maximum Gasteiger partial charge on any atom is 0.242 e. The van der Waals surface area contributed by atoms with Crippen molar-refractivity contribution in [2.45, 2.75) is 4.90 Å². The van der Waals surface area contributed by atoms with Crippen LogP contribution in [-0.2, 0) is 14.8 Å². The van der Waals surface area contributed by atoms with Gasteiger partial charge < -0.3 is 11.1 Å². The Hall–Kier alpha value is -1.22. The third kappa shape index (κ3) is 4.13. The van der Waals surface area contributed by atoms with Gasteiger partial charge in [0.2, 0.25) is 15.9 Å². The molecule has 0 aliphatic heterocycles. The molecule has 0 unspecified atom stereocenters. The fourth-order valence-electron chi connectivity index (χ4n) is 1.20. The number of carbonyl (C=O) groups excluding carboxylic acids is 1. The molecule has 1 aromatic carbocycles. The van der Waals surface area contributed by atoms with Gasteiger partial charge in [-0.05, 0) is 12.1 Å². The number of hydrogen-bond acceptors (Lipinski definition) is 4. The number of nitrogens with one attached hydrogen (secondary N) is 2. The highest BCUT2D eigenvalue weighted by Crippen LogP contribution is 2.22. The Bertz CT molecular complexity index is 616. The molecule has 0 spiro atoms. The van der Waals surface area contributed by atoms with Crippen LogP contribution in [0.25, 0.3) is 0 Å². The summed E-state index contributed by atoms with van der Waals surface area (Å²) in [6, 6.07) is 4.09. The molecule has 104 valence electrons. The summed E-state index contributed by atoms with van der Waals surface area (Å²) in [6.07, 6.45) is 0. The van der Waals surface area contributed by atoms with Gasteiger partial charge in [0.1, 0.15) is 9.88 Å². The summed E-state index contributed by atoms with van der Waals surface area (Å²) in [6.45, 7) is -0.369. The Kier molecular flexibility index (Phi) is 5.24. The largest absolute Gasteiger partial charge is 0.389 e. The number of halogens is 1. The standard InChI is InChI=1S/C10H12ClN3O3S2/c1-13-9(15)5-14-19(16,17)8-3-2-6(10(12)18)4-7(8)11/h2-4,14H,5H2,1H3,(H2,12,18)(H,13,15). The van der Waals surface area contributed by atoms with E-state index in [9.17, 15) is 13.2 Å². The third-order valence-corrected chi connectivity index (χ3v) is 4.33. The minimum Gasteiger partial charge on any atom is -0.389 e. The molecule has 0 aromatic heterocycles. The molecule has 0 aliphatic carbocycles. The van der Waals surface area contributed by atoms with Gasteiger partial charge in [0.05, 0.1) is 11.6 Å². The molecule has 0 bridgehead atoms. The summed E-state index contributed by atoms with van der Waals surface area (Å²) in [5.74, 6) is -0.459. The molecule has 19 heavy (non-hydrogen) atoms. The summed E-state index contributed by atoms with van der Waals surface area (Å²) in [5.41, 5.74) is 5.88. The van der Waals surface area contributed by atoms with E-state index in [0.717, 1.165) is 0 Å². The Labute approximate surface area is 121 Å². The molecule has 0 fully saturated rings. The van der Waals surface area contributed by atoms with Crippen LogP contribution < -0.4 is 15.8 Å². The fraction of sp³-hybridized carbons (Fsp3) is 0.200. The van der Waals surface area contributed by atoms with Gasteiger partial charge in [0.15, 0.2) is 0 Å². The number of hydrogen-bond donors (Lipinski definition) is 3. The zero-order valence-electron chi connectivity index (χ0n) is 9.94. The predicted molar refractivity (Wildman–Crippen MR) is 76.6 cm³/mol. The molecule has 0 radical (unpaired) electrons. The van der Waals surface area contributed by atoms with Crippen molar-refractivity contribution in [3.8, 4) is 0 Å². The zero-order chi connectivity index (χ0) is 14.6. The van der Waals surface area contributed by atoms with Crippen LogP contribution in [0.15, 0.2) is 23.1 Å². The molecule has 1 amide bonds. The molecular weight excluding hydrogens is 310 g/mol. The fourth-order valence-corrected chi connectivity index (χ4v) is 2.85. The molecule has 4 N–H and O–H groups in total. The molecule has 0 aliphatic rings. The Morgan fingerprint density at radius 1 is 1.47 bits per heavy atom. The number of nitrogens with two attached hydrogens (primary N) is 1. The van der Waals surface area contributed by atoms with E-state index < -0.39 is 15.9 Å². The van der Waals surface area contributed by atoms with Crippen molar-refractivity contribution < 1.29 is 13.2 Å². The number of carbonyl (C=O) groups is 1. The summed E-state index contributed by atoms with van der Waals surface area (Å²) < 4.78 is 26.0. The molecule has 0 atom stereocenters. The lowest BCUT2D eigenvalue weighted by molar-refractivity contribution is -0.119. The third-order valence-electron chi connectivity index (χ3n) is 2.21. The van der Waals surface area contributed by atoms with E-state index in [2.05, 4.69) is 10.0 Å². The van der Waals surface area contributed by atoms with Crippen LogP contribution in [0.5, 0.6) is 0 Å². The Balaban J connectivity index is 3.02. The summed E-state index contributed by atoms with van der Waals surface area (Å²) in [4.78, 5) is 11.0. The number of thiocarbonyl (C=S) groups is 1.